The van der Waals surface area contributed by atoms with Crippen molar-refractivity contribution in [3.05, 3.63) is 116 Å². The van der Waals surface area contributed by atoms with Crippen LogP contribution in [0.1, 0.15) is 37.9 Å². The fourth-order valence-electron chi connectivity index (χ4n) is 4.85. The van der Waals surface area contributed by atoms with E-state index in [-0.39, 0.29) is 24.7 Å². The number of halogens is 2. The van der Waals surface area contributed by atoms with Gasteiger partial charge in [0.1, 0.15) is 11.5 Å². The van der Waals surface area contributed by atoms with Gasteiger partial charge < -0.3 is 19.5 Å². The van der Waals surface area contributed by atoms with E-state index in [2.05, 4.69) is 50.5 Å². The van der Waals surface area contributed by atoms with Gasteiger partial charge in [-0.25, -0.2) is 9.79 Å². The van der Waals surface area contributed by atoms with Crippen molar-refractivity contribution in [1.82, 2.24) is 4.57 Å². The van der Waals surface area contributed by atoms with Gasteiger partial charge in [-0.05, 0) is 120 Å². The van der Waals surface area contributed by atoms with Crippen LogP contribution < -0.4 is 29.7 Å². The Kier molecular flexibility index (Phi) is 10.8. The molecule has 1 aliphatic heterocycles. The molecule has 1 aliphatic rings. The molecule has 12 heteroatoms. The largest absolute Gasteiger partial charge is 0.494 e. The third-order valence-electron chi connectivity index (χ3n) is 6.76. The number of hydrogen-bond acceptors (Lipinski definition) is 8. The highest BCUT2D eigenvalue weighted by Crippen LogP contribution is 2.32. The van der Waals surface area contributed by atoms with Gasteiger partial charge in [-0.2, -0.15) is 0 Å². The minimum absolute atomic E-state index is 0.192. The van der Waals surface area contributed by atoms with Crippen LogP contribution in [0.2, 0.25) is 0 Å². The monoisotopic (exact) mass is 849 g/mol. The number of para-hydroxylation sites is 1. The maximum Gasteiger partial charge on any atom is 0.344 e. The molecule has 0 aliphatic carbocycles. The Morgan fingerprint density at radius 3 is 2.33 bits per heavy atom. The molecule has 0 fully saturated rings. The van der Waals surface area contributed by atoms with Crippen molar-refractivity contribution in [3.8, 4) is 11.5 Å². The van der Waals surface area contributed by atoms with Crippen LogP contribution in [0.3, 0.4) is 0 Å². The van der Waals surface area contributed by atoms with Crippen LogP contribution in [-0.4, -0.2) is 36.3 Å². The lowest BCUT2D eigenvalue weighted by atomic mass is 9.95. The zero-order chi connectivity index (χ0) is 32.1. The molecule has 0 saturated carbocycles. The highest BCUT2D eigenvalue weighted by molar-refractivity contribution is 14.1. The van der Waals surface area contributed by atoms with Gasteiger partial charge in [0.25, 0.3) is 11.5 Å². The van der Waals surface area contributed by atoms with Crippen molar-refractivity contribution < 1.29 is 23.8 Å². The van der Waals surface area contributed by atoms with E-state index in [1.165, 1.54) is 11.3 Å². The number of amides is 1. The summed E-state index contributed by atoms with van der Waals surface area (Å²) in [4.78, 5) is 44.9. The van der Waals surface area contributed by atoms with E-state index in [4.69, 9.17) is 19.2 Å². The topological polar surface area (TPSA) is 108 Å². The van der Waals surface area contributed by atoms with Gasteiger partial charge in [0.2, 0.25) is 0 Å². The lowest BCUT2D eigenvalue weighted by molar-refractivity contribution is -0.145. The number of ether oxygens (including phenoxy) is 3. The van der Waals surface area contributed by atoms with E-state index in [0.717, 1.165) is 18.3 Å². The molecule has 0 spiro atoms. The molecule has 5 rings (SSSR count). The molecule has 2 heterocycles. The van der Waals surface area contributed by atoms with Crippen LogP contribution in [0.4, 0.5) is 5.69 Å². The summed E-state index contributed by atoms with van der Waals surface area (Å²) >= 11 is 5.56. The van der Waals surface area contributed by atoms with Gasteiger partial charge in [0.15, 0.2) is 11.4 Å². The quantitative estimate of drug-likeness (QED) is 0.169. The number of esters is 1. The minimum Gasteiger partial charge on any atom is -0.494 e. The third-order valence-corrected chi connectivity index (χ3v) is 9.35. The van der Waals surface area contributed by atoms with Gasteiger partial charge in [-0.1, -0.05) is 41.7 Å². The van der Waals surface area contributed by atoms with E-state index in [9.17, 15) is 14.4 Å². The normalized spacial score (nSPS) is 14.4. The molecule has 0 saturated heterocycles. The fraction of sp³-hybridized carbons (Fsp3) is 0.212. The summed E-state index contributed by atoms with van der Waals surface area (Å²) < 4.78 is 19.9. The Labute approximate surface area is 290 Å². The molecular formula is C33H29I2N3O6S. The second kappa shape index (κ2) is 14.7. The van der Waals surface area contributed by atoms with Gasteiger partial charge >= 0.3 is 5.97 Å². The van der Waals surface area contributed by atoms with Crippen LogP contribution in [0.15, 0.2) is 87.8 Å². The standard InChI is InChI=1S/C33H29I2N3O6S/c1-4-42-23-13-11-21(12-14-23)29-28(31(40)37-22-9-7-6-8-10-22)19(3)36-33-38(29)32(41)26(45-33)17-20-15-24(34)30(25(35)16-20)44-18-27(39)43-5-2/h6-17,29H,4-5,18H2,1-3H3,(H,37,40)/b26-17-/t29-/m0/s1. The smallest absolute Gasteiger partial charge is 0.344 e. The number of allylic oxidation sites excluding steroid dienone is 1. The first-order valence-corrected chi connectivity index (χ1v) is 17.1. The van der Waals surface area contributed by atoms with Crippen molar-refractivity contribution in [3.63, 3.8) is 0 Å². The summed E-state index contributed by atoms with van der Waals surface area (Å²) in [6, 6.07) is 19.7. The SMILES string of the molecule is CCOC(=O)COc1c(I)cc(/C=c2\sc3n(c2=O)[C@@H](c2ccc(OCC)cc2)C(C(=O)Nc2ccccc2)=C(C)N=3)cc1I. The maximum absolute atomic E-state index is 14.1. The van der Waals surface area contributed by atoms with Crippen LogP contribution >= 0.6 is 56.5 Å². The Bertz CT molecular complexity index is 1930. The molecule has 1 N–H and O–H groups in total. The summed E-state index contributed by atoms with van der Waals surface area (Å²) in [5.41, 5.74) is 2.84. The minimum atomic E-state index is -0.707. The molecule has 232 valence electrons. The molecule has 9 nitrogen and oxygen atoms in total. The molecule has 0 radical (unpaired) electrons. The summed E-state index contributed by atoms with van der Waals surface area (Å²) in [5, 5.41) is 2.97. The zero-order valence-electron chi connectivity index (χ0n) is 24.6. The van der Waals surface area contributed by atoms with Gasteiger partial charge in [-0.3, -0.25) is 14.2 Å². The summed E-state index contributed by atoms with van der Waals surface area (Å²) in [5.74, 6) is 0.494. The first kappa shape index (κ1) is 32.9. The first-order chi connectivity index (χ1) is 21.7. The number of nitrogens with one attached hydrogen (secondary N) is 1. The number of thiazole rings is 1. The van der Waals surface area contributed by atoms with Crippen molar-refractivity contribution >= 4 is 80.2 Å². The molecule has 1 atom stereocenters. The Hall–Kier alpha value is -3.50. The molecule has 4 aromatic rings. The fourth-order valence-corrected chi connectivity index (χ4v) is 8.02. The predicted octanol–water partition coefficient (Wildman–Crippen LogP) is 5.42. The molecule has 3 aromatic carbocycles. The van der Waals surface area contributed by atoms with Gasteiger partial charge in [0.05, 0.1) is 42.2 Å². The molecular weight excluding hydrogens is 820 g/mol. The second-order valence-corrected chi connectivity index (χ2v) is 13.1. The van der Waals surface area contributed by atoms with Crippen LogP contribution in [0.25, 0.3) is 6.08 Å². The van der Waals surface area contributed by atoms with Gasteiger partial charge in [0, 0.05) is 5.69 Å². The average Bonchev–Trinajstić information content (AvgIpc) is 3.31. The Balaban J connectivity index is 1.57. The Morgan fingerprint density at radius 1 is 1.00 bits per heavy atom. The number of carbonyl (C=O) groups excluding carboxylic acids is 2. The molecule has 0 unspecified atom stereocenters. The van der Waals surface area contributed by atoms with Crippen LogP contribution in [-0.2, 0) is 14.3 Å². The second-order valence-electron chi connectivity index (χ2n) is 9.81. The van der Waals surface area contributed by atoms with E-state index in [1.807, 2.05) is 79.7 Å². The third kappa shape index (κ3) is 7.49. The van der Waals surface area contributed by atoms with Crippen molar-refractivity contribution in [2.24, 2.45) is 4.99 Å². The lowest BCUT2D eigenvalue weighted by Crippen LogP contribution is -2.40. The lowest BCUT2D eigenvalue weighted by Gasteiger charge is -2.25. The van der Waals surface area contributed by atoms with Crippen molar-refractivity contribution in [2.45, 2.75) is 26.8 Å². The van der Waals surface area contributed by atoms with E-state index < -0.39 is 12.0 Å². The van der Waals surface area contributed by atoms with E-state index >= 15 is 0 Å². The first-order valence-electron chi connectivity index (χ1n) is 14.1. The molecule has 45 heavy (non-hydrogen) atoms. The van der Waals surface area contributed by atoms with Crippen LogP contribution in [0, 0.1) is 7.14 Å². The van der Waals surface area contributed by atoms with E-state index in [0.29, 0.717) is 44.4 Å². The number of hydrogen-bond donors (Lipinski definition) is 1. The predicted molar refractivity (Wildman–Crippen MR) is 190 cm³/mol. The summed E-state index contributed by atoms with van der Waals surface area (Å²) in [6.45, 7) is 6.06. The highest BCUT2D eigenvalue weighted by atomic mass is 127. The number of benzene rings is 3. The molecule has 1 amide bonds. The number of fused-ring (bicyclic) bond motifs is 1. The van der Waals surface area contributed by atoms with E-state index in [1.54, 1.807) is 18.4 Å². The molecule has 0 bridgehead atoms. The number of rotatable bonds is 10. The summed E-state index contributed by atoms with van der Waals surface area (Å²) in [6.07, 6.45) is 1.81. The number of carbonyl (C=O) groups is 2. The number of anilines is 1. The number of nitrogens with zero attached hydrogens (tertiary/aromatic N) is 2. The zero-order valence-corrected chi connectivity index (χ0v) is 29.8. The Morgan fingerprint density at radius 2 is 1.69 bits per heavy atom. The van der Waals surface area contributed by atoms with Crippen LogP contribution in [0.5, 0.6) is 11.5 Å². The number of aromatic nitrogens is 1. The summed E-state index contributed by atoms with van der Waals surface area (Å²) in [7, 11) is 0. The van der Waals surface area contributed by atoms with Crippen molar-refractivity contribution in [1.29, 1.82) is 0 Å². The molecule has 1 aromatic heterocycles. The average molecular weight is 849 g/mol. The van der Waals surface area contributed by atoms with Gasteiger partial charge in [-0.15, -0.1) is 0 Å². The van der Waals surface area contributed by atoms with Crippen molar-refractivity contribution in [2.75, 3.05) is 25.1 Å². The highest BCUT2D eigenvalue weighted by Gasteiger charge is 2.32. The maximum atomic E-state index is 14.1.